The standard InChI is InChI=1S/C27H28N2O5/c1-32-23-17-22(18-24(33-2)25(23)34-3)27(31)29-15-13-28(14-16-29)26(30)21-11-9-20(10-12-21)19-7-5-4-6-8-19/h4-12,17-18H,13-16H2,1-3H3. The van der Waals surface area contributed by atoms with Gasteiger partial charge < -0.3 is 24.0 Å². The molecule has 34 heavy (non-hydrogen) atoms. The van der Waals surface area contributed by atoms with Crippen LogP contribution in [0.3, 0.4) is 0 Å². The minimum Gasteiger partial charge on any atom is -0.493 e. The molecule has 0 aromatic heterocycles. The van der Waals surface area contributed by atoms with E-state index in [4.69, 9.17) is 14.2 Å². The van der Waals surface area contributed by atoms with Gasteiger partial charge in [0.2, 0.25) is 5.75 Å². The molecule has 1 fully saturated rings. The van der Waals surface area contributed by atoms with Gasteiger partial charge in [-0.25, -0.2) is 0 Å². The second-order valence-electron chi connectivity index (χ2n) is 7.94. The Morgan fingerprint density at radius 3 is 1.56 bits per heavy atom. The number of hydrogen-bond donors (Lipinski definition) is 0. The zero-order valence-electron chi connectivity index (χ0n) is 19.6. The number of amides is 2. The van der Waals surface area contributed by atoms with E-state index >= 15 is 0 Å². The molecule has 3 aromatic carbocycles. The SMILES string of the molecule is COc1cc(C(=O)N2CCN(C(=O)c3ccc(-c4ccccc4)cc3)CC2)cc(OC)c1OC. The average molecular weight is 461 g/mol. The van der Waals surface area contributed by atoms with Gasteiger partial charge in [-0.3, -0.25) is 9.59 Å². The van der Waals surface area contributed by atoms with Crippen LogP contribution in [0.2, 0.25) is 0 Å². The molecule has 1 heterocycles. The van der Waals surface area contributed by atoms with Gasteiger partial charge in [-0.15, -0.1) is 0 Å². The minimum absolute atomic E-state index is 0.0282. The van der Waals surface area contributed by atoms with Crippen molar-refractivity contribution in [2.75, 3.05) is 47.5 Å². The van der Waals surface area contributed by atoms with Crippen LogP contribution in [0, 0.1) is 0 Å². The molecule has 0 bridgehead atoms. The third-order valence-corrected chi connectivity index (χ3v) is 6.00. The molecule has 0 aliphatic carbocycles. The van der Waals surface area contributed by atoms with Gasteiger partial charge in [-0.2, -0.15) is 0 Å². The summed E-state index contributed by atoms with van der Waals surface area (Å²) in [6, 6.07) is 21.0. The Balaban J connectivity index is 1.41. The lowest BCUT2D eigenvalue weighted by molar-refractivity contribution is 0.0535. The van der Waals surface area contributed by atoms with Crippen LogP contribution in [0.1, 0.15) is 20.7 Å². The molecule has 7 heteroatoms. The van der Waals surface area contributed by atoms with Crippen LogP contribution in [0.4, 0.5) is 0 Å². The molecule has 2 amide bonds. The predicted octanol–water partition coefficient (Wildman–Crippen LogP) is 3.98. The van der Waals surface area contributed by atoms with Crippen LogP contribution in [0.15, 0.2) is 66.7 Å². The van der Waals surface area contributed by atoms with Crippen LogP contribution in [0.5, 0.6) is 17.2 Å². The molecule has 7 nitrogen and oxygen atoms in total. The molecule has 3 aromatic rings. The molecule has 1 aliphatic rings. The fourth-order valence-corrected chi connectivity index (χ4v) is 4.12. The van der Waals surface area contributed by atoms with Gasteiger partial charge in [0.05, 0.1) is 21.3 Å². The normalized spacial score (nSPS) is 13.4. The summed E-state index contributed by atoms with van der Waals surface area (Å²) in [6.45, 7) is 1.83. The molecule has 4 rings (SSSR count). The van der Waals surface area contributed by atoms with E-state index in [1.54, 1.807) is 21.9 Å². The Hall–Kier alpha value is -4.00. The fourth-order valence-electron chi connectivity index (χ4n) is 4.12. The number of methoxy groups -OCH3 is 3. The van der Waals surface area contributed by atoms with Crippen molar-refractivity contribution in [3.63, 3.8) is 0 Å². The van der Waals surface area contributed by atoms with Crippen molar-refractivity contribution in [1.82, 2.24) is 9.80 Å². The molecule has 0 atom stereocenters. The number of nitrogens with zero attached hydrogens (tertiary/aromatic N) is 2. The first-order valence-corrected chi connectivity index (χ1v) is 11.1. The summed E-state index contributed by atoms with van der Waals surface area (Å²) >= 11 is 0. The lowest BCUT2D eigenvalue weighted by Crippen LogP contribution is -2.50. The molecule has 176 valence electrons. The second kappa shape index (κ2) is 10.3. The number of benzene rings is 3. The quantitative estimate of drug-likeness (QED) is 0.557. The van der Waals surface area contributed by atoms with Crippen LogP contribution < -0.4 is 14.2 Å². The molecule has 1 aliphatic heterocycles. The van der Waals surface area contributed by atoms with E-state index in [2.05, 4.69) is 0 Å². The van der Waals surface area contributed by atoms with E-state index in [9.17, 15) is 9.59 Å². The Bertz CT molecular complexity index is 1130. The molecule has 0 spiro atoms. The van der Waals surface area contributed by atoms with Gasteiger partial charge in [0.15, 0.2) is 11.5 Å². The van der Waals surface area contributed by atoms with Gasteiger partial charge >= 0.3 is 0 Å². The molecule has 1 saturated heterocycles. The molecule has 0 radical (unpaired) electrons. The number of piperazine rings is 1. The van der Waals surface area contributed by atoms with Crippen LogP contribution >= 0.6 is 0 Å². The number of hydrogen-bond acceptors (Lipinski definition) is 5. The zero-order valence-corrected chi connectivity index (χ0v) is 19.6. The topological polar surface area (TPSA) is 68.3 Å². The van der Waals surface area contributed by atoms with Crippen LogP contribution in [-0.4, -0.2) is 69.1 Å². The van der Waals surface area contributed by atoms with E-state index in [0.29, 0.717) is 54.6 Å². The Labute approximate surface area is 199 Å². The highest BCUT2D eigenvalue weighted by atomic mass is 16.5. The first kappa shape index (κ1) is 23.2. The van der Waals surface area contributed by atoms with Crippen molar-refractivity contribution in [2.45, 2.75) is 0 Å². The Kier molecular flexibility index (Phi) is 7.01. The van der Waals surface area contributed by atoms with Gasteiger partial charge in [0, 0.05) is 37.3 Å². The molecule has 0 saturated carbocycles. The van der Waals surface area contributed by atoms with Crippen molar-refractivity contribution in [1.29, 1.82) is 0 Å². The molecule has 0 N–H and O–H groups in total. The summed E-state index contributed by atoms with van der Waals surface area (Å²) < 4.78 is 16.1. The predicted molar refractivity (Wildman–Crippen MR) is 130 cm³/mol. The summed E-state index contributed by atoms with van der Waals surface area (Å²) in [5.41, 5.74) is 3.27. The first-order chi connectivity index (χ1) is 16.5. The number of carbonyl (C=O) groups excluding carboxylic acids is 2. The molecular formula is C27H28N2O5. The van der Waals surface area contributed by atoms with E-state index < -0.39 is 0 Å². The Morgan fingerprint density at radius 2 is 1.09 bits per heavy atom. The van der Waals surface area contributed by atoms with Gasteiger partial charge in [0.25, 0.3) is 11.8 Å². The maximum Gasteiger partial charge on any atom is 0.254 e. The van der Waals surface area contributed by atoms with Crippen molar-refractivity contribution in [2.24, 2.45) is 0 Å². The minimum atomic E-state index is -0.140. The summed E-state index contributed by atoms with van der Waals surface area (Å²) in [5, 5.41) is 0. The summed E-state index contributed by atoms with van der Waals surface area (Å²) in [6.07, 6.45) is 0. The van der Waals surface area contributed by atoms with Crippen molar-refractivity contribution in [3.05, 3.63) is 77.9 Å². The van der Waals surface area contributed by atoms with Crippen LogP contribution in [0.25, 0.3) is 11.1 Å². The first-order valence-electron chi connectivity index (χ1n) is 11.1. The van der Waals surface area contributed by atoms with Gasteiger partial charge in [-0.05, 0) is 35.4 Å². The van der Waals surface area contributed by atoms with E-state index in [1.807, 2.05) is 54.6 Å². The summed E-state index contributed by atoms with van der Waals surface area (Å²) in [7, 11) is 4.55. The maximum atomic E-state index is 13.1. The zero-order chi connectivity index (χ0) is 24.1. The van der Waals surface area contributed by atoms with Gasteiger partial charge in [-0.1, -0.05) is 42.5 Å². The van der Waals surface area contributed by atoms with Crippen molar-refractivity contribution in [3.8, 4) is 28.4 Å². The van der Waals surface area contributed by atoms with Crippen molar-refractivity contribution >= 4 is 11.8 Å². The second-order valence-corrected chi connectivity index (χ2v) is 7.94. The summed E-state index contributed by atoms with van der Waals surface area (Å²) in [4.78, 5) is 29.7. The lowest BCUT2D eigenvalue weighted by atomic mass is 10.0. The monoisotopic (exact) mass is 460 g/mol. The van der Waals surface area contributed by atoms with E-state index in [-0.39, 0.29) is 11.8 Å². The lowest BCUT2D eigenvalue weighted by Gasteiger charge is -2.35. The highest BCUT2D eigenvalue weighted by molar-refractivity contribution is 5.97. The van der Waals surface area contributed by atoms with Crippen molar-refractivity contribution < 1.29 is 23.8 Å². The number of ether oxygens (including phenoxy) is 3. The molecular weight excluding hydrogens is 432 g/mol. The third-order valence-electron chi connectivity index (χ3n) is 6.00. The highest BCUT2D eigenvalue weighted by Crippen LogP contribution is 2.38. The maximum absolute atomic E-state index is 13.1. The van der Waals surface area contributed by atoms with Gasteiger partial charge in [0.1, 0.15) is 0 Å². The largest absolute Gasteiger partial charge is 0.493 e. The average Bonchev–Trinajstić information content (AvgIpc) is 2.92. The highest BCUT2D eigenvalue weighted by Gasteiger charge is 2.27. The smallest absolute Gasteiger partial charge is 0.254 e. The number of carbonyl (C=O) groups is 2. The van der Waals surface area contributed by atoms with Crippen LogP contribution in [-0.2, 0) is 0 Å². The summed E-state index contributed by atoms with van der Waals surface area (Å²) in [5.74, 6) is 1.13. The van der Waals surface area contributed by atoms with E-state index in [1.165, 1.54) is 21.3 Å². The fraction of sp³-hybridized carbons (Fsp3) is 0.259. The Morgan fingerprint density at radius 1 is 0.618 bits per heavy atom. The number of rotatable bonds is 6. The van der Waals surface area contributed by atoms with E-state index in [0.717, 1.165) is 11.1 Å². The third kappa shape index (κ3) is 4.69. The molecule has 0 unspecified atom stereocenters.